The van der Waals surface area contributed by atoms with Crippen molar-refractivity contribution < 1.29 is 9.53 Å². The number of pyridine rings is 1. The fourth-order valence-corrected chi connectivity index (χ4v) is 2.54. The fraction of sp³-hybridized carbons (Fsp3) is 0.0952. The van der Waals surface area contributed by atoms with Crippen LogP contribution in [0.25, 0.3) is 17.0 Å². The number of amides is 1. The molecule has 0 atom stereocenters. The zero-order valence-electron chi connectivity index (χ0n) is 14.3. The van der Waals surface area contributed by atoms with Crippen molar-refractivity contribution in [2.45, 2.75) is 6.92 Å². The van der Waals surface area contributed by atoms with E-state index in [0.717, 1.165) is 22.2 Å². The molecular formula is C21H17N3O2. The molecule has 0 aliphatic carbocycles. The molecule has 0 aliphatic rings. The van der Waals surface area contributed by atoms with Gasteiger partial charge in [-0.3, -0.25) is 9.78 Å². The van der Waals surface area contributed by atoms with Crippen LogP contribution >= 0.6 is 0 Å². The summed E-state index contributed by atoms with van der Waals surface area (Å²) in [6.45, 7) is 2.50. The fourth-order valence-electron chi connectivity index (χ4n) is 2.54. The van der Waals surface area contributed by atoms with E-state index >= 15 is 0 Å². The SMILES string of the molecule is CCOc1ccc(C=C(C#N)C(=O)Nc2cccc3ncccc23)cc1. The van der Waals surface area contributed by atoms with Crippen LogP contribution in [0.3, 0.4) is 0 Å². The topological polar surface area (TPSA) is 75.0 Å². The van der Waals surface area contributed by atoms with Gasteiger partial charge in [0, 0.05) is 11.6 Å². The number of nitrogens with zero attached hydrogens (tertiary/aromatic N) is 2. The number of hydrogen-bond donors (Lipinski definition) is 1. The standard InChI is InChI=1S/C21H17N3O2/c1-2-26-17-10-8-15(9-11-17)13-16(14-22)21(25)24-20-7-3-6-19-18(20)5-4-12-23-19/h3-13H,2H2,1H3,(H,24,25). The van der Waals surface area contributed by atoms with E-state index in [1.807, 2.05) is 31.2 Å². The van der Waals surface area contributed by atoms with E-state index in [9.17, 15) is 10.1 Å². The van der Waals surface area contributed by atoms with Crippen molar-refractivity contribution >= 4 is 28.6 Å². The van der Waals surface area contributed by atoms with Crippen molar-refractivity contribution in [2.24, 2.45) is 0 Å². The van der Waals surface area contributed by atoms with Gasteiger partial charge in [0.15, 0.2) is 0 Å². The van der Waals surface area contributed by atoms with Crippen molar-refractivity contribution in [1.29, 1.82) is 5.26 Å². The summed E-state index contributed by atoms with van der Waals surface area (Å²) in [5.41, 5.74) is 2.17. The van der Waals surface area contributed by atoms with Gasteiger partial charge in [-0.05, 0) is 55.0 Å². The lowest BCUT2D eigenvalue weighted by Crippen LogP contribution is -2.13. The third kappa shape index (κ3) is 3.87. The lowest BCUT2D eigenvalue weighted by Gasteiger charge is -2.08. The molecule has 0 unspecified atom stereocenters. The van der Waals surface area contributed by atoms with Gasteiger partial charge in [0.1, 0.15) is 17.4 Å². The van der Waals surface area contributed by atoms with Crippen molar-refractivity contribution in [1.82, 2.24) is 4.98 Å². The summed E-state index contributed by atoms with van der Waals surface area (Å²) in [4.78, 5) is 16.8. The highest BCUT2D eigenvalue weighted by Gasteiger charge is 2.11. The zero-order chi connectivity index (χ0) is 18.4. The second-order valence-corrected chi connectivity index (χ2v) is 5.50. The number of nitriles is 1. The summed E-state index contributed by atoms with van der Waals surface area (Å²) in [5.74, 6) is 0.286. The highest BCUT2D eigenvalue weighted by molar-refractivity contribution is 6.12. The summed E-state index contributed by atoms with van der Waals surface area (Å²) >= 11 is 0. The number of carbonyl (C=O) groups excluding carboxylic acids is 1. The Bertz CT molecular complexity index is 996. The molecule has 0 fully saturated rings. The van der Waals surface area contributed by atoms with Crippen molar-refractivity contribution in [3.05, 3.63) is 71.9 Å². The largest absolute Gasteiger partial charge is 0.494 e. The van der Waals surface area contributed by atoms with Gasteiger partial charge in [-0.1, -0.05) is 18.2 Å². The normalized spacial score (nSPS) is 11.0. The molecule has 0 saturated carbocycles. The number of hydrogen-bond acceptors (Lipinski definition) is 4. The minimum absolute atomic E-state index is 0.0232. The number of nitrogens with one attached hydrogen (secondary N) is 1. The van der Waals surface area contributed by atoms with Crippen molar-refractivity contribution in [2.75, 3.05) is 11.9 Å². The average molecular weight is 343 g/mol. The Morgan fingerprint density at radius 2 is 2.00 bits per heavy atom. The highest BCUT2D eigenvalue weighted by Crippen LogP contribution is 2.22. The van der Waals surface area contributed by atoms with Crippen LogP contribution in [-0.4, -0.2) is 17.5 Å². The first-order chi connectivity index (χ1) is 12.7. The average Bonchev–Trinajstić information content (AvgIpc) is 2.68. The molecule has 5 heteroatoms. The van der Waals surface area contributed by atoms with Crippen LogP contribution in [0.4, 0.5) is 5.69 Å². The van der Waals surface area contributed by atoms with Gasteiger partial charge < -0.3 is 10.1 Å². The molecule has 128 valence electrons. The lowest BCUT2D eigenvalue weighted by atomic mass is 10.1. The number of rotatable bonds is 5. The molecule has 1 amide bonds. The number of benzene rings is 2. The molecule has 1 N–H and O–H groups in total. The number of anilines is 1. The summed E-state index contributed by atoms with van der Waals surface area (Å²) in [5, 5.41) is 13.0. The maximum atomic E-state index is 12.5. The monoisotopic (exact) mass is 343 g/mol. The minimum atomic E-state index is -0.460. The molecule has 0 radical (unpaired) electrons. The van der Waals surface area contributed by atoms with Gasteiger partial charge in [-0.2, -0.15) is 5.26 Å². The second-order valence-electron chi connectivity index (χ2n) is 5.50. The molecule has 5 nitrogen and oxygen atoms in total. The molecule has 26 heavy (non-hydrogen) atoms. The third-order valence-electron chi connectivity index (χ3n) is 3.76. The molecule has 0 aliphatic heterocycles. The van der Waals surface area contributed by atoms with Gasteiger partial charge in [0.2, 0.25) is 0 Å². The van der Waals surface area contributed by atoms with E-state index in [0.29, 0.717) is 12.3 Å². The van der Waals surface area contributed by atoms with E-state index in [4.69, 9.17) is 4.74 Å². The number of aromatic nitrogens is 1. The van der Waals surface area contributed by atoms with E-state index in [2.05, 4.69) is 10.3 Å². The molecule has 2 aromatic carbocycles. The van der Waals surface area contributed by atoms with E-state index < -0.39 is 5.91 Å². The maximum absolute atomic E-state index is 12.5. The Labute approximate surface area is 151 Å². The van der Waals surface area contributed by atoms with Crippen molar-refractivity contribution in [3.8, 4) is 11.8 Å². The predicted octanol–water partition coefficient (Wildman–Crippen LogP) is 4.18. The van der Waals surface area contributed by atoms with Gasteiger partial charge >= 0.3 is 0 Å². The molecule has 0 saturated heterocycles. The van der Waals surface area contributed by atoms with E-state index in [1.54, 1.807) is 48.7 Å². The first-order valence-electron chi connectivity index (χ1n) is 8.21. The summed E-state index contributed by atoms with van der Waals surface area (Å²) in [7, 11) is 0. The number of fused-ring (bicyclic) bond motifs is 1. The molecule has 3 aromatic rings. The minimum Gasteiger partial charge on any atom is -0.494 e. The van der Waals surface area contributed by atoms with Crippen LogP contribution in [0, 0.1) is 11.3 Å². The Morgan fingerprint density at radius 1 is 1.19 bits per heavy atom. The van der Waals surface area contributed by atoms with Crippen LogP contribution in [0.5, 0.6) is 5.75 Å². The van der Waals surface area contributed by atoms with Crippen LogP contribution in [0.1, 0.15) is 12.5 Å². The first-order valence-corrected chi connectivity index (χ1v) is 8.21. The Kier molecular flexibility index (Phi) is 5.25. The van der Waals surface area contributed by atoms with Crippen LogP contribution in [0.2, 0.25) is 0 Å². The second kappa shape index (κ2) is 7.95. The van der Waals surface area contributed by atoms with Gasteiger partial charge in [-0.15, -0.1) is 0 Å². The predicted molar refractivity (Wildman–Crippen MR) is 102 cm³/mol. The summed E-state index contributed by atoms with van der Waals surface area (Å²) < 4.78 is 5.39. The Hall–Kier alpha value is -3.65. The van der Waals surface area contributed by atoms with Gasteiger partial charge in [0.25, 0.3) is 5.91 Å². The van der Waals surface area contributed by atoms with Crippen LogP contribution in [0.15, 0.2) is 66.4 Å². The van der Waals surface area contributed by atoms with E-state index in [-0.39, 0.29) is 5.57 Å². The quantitative estimate of drug-likeness (QED) is 0.557. The smallest absolute Gasteiger partial charge is 0.266 e. The molecular weight excluding hydrogens is 326 g/mol. The zero-order valence-corrected chi connectivity index (χ0v) is 14.3. The first kappa shape index (κ1) is 17.2. The van der Waals surface area contributed by atoms with Gasteiger partial charge in [0.05, 0.1) is 17.8 Å². The van der Waals surface area contributed by atoms with E-state index in [1.165, 1.54) is 0 Å². The van der Waals surface area contributed by atoms with Crippen LogP contribution in [-0.2, 0) is 4.79 Å². The molecule has 1 aromatic heterocycles. The third-order valence-corrected chi connectivity index (χ3v) is 3.76. The maximum Gasteiger partial charge on any atom is 0.266 e. The molecule has 0 spiro atoms. The Balaban J connectivity index is 1.83. The highest BCUT2D eigenvalue weighted by atomic mass is 16.5. The molecule has 0 bridgehead atoms. The van der Waals surface area contributed by atoms with Crippen LogP contribution < -0.4 is 10.1 Å². The number of carbonyl (C=O) groups is 1. The summed E-state index contributed by atoms with van der Waals surface area (Å²) in [6.07, 6.45) is 3.24. The Morgan fingerprint density at radius 3 is 2.73 bits per heavy atom. The van der Waals surface area contributed by atoms with Crippen molar-refractivity contribution in [3.63, 3.8) is 0 Å². The lowest BCUT2D eigenvalue weighted by molar-refractivity contribution is -0.112. The molecule has 1 heterocycles. The van der Waals surface area contributed by atoms with Gasteiger partial charge in [-0.25, -0.2) is 0 Å². The molecule has 3 rings (SSSR count). The number of ether oxygens (including phenoxy) is 1. The summed E-state index contributed by atoms with van der Waals surface area (Å²) in [6, 6.07) is 18.3.